The predicted molar refractivity (Wildman–Crippen MR) is 107 cm³/mol. The molecule has 0 atom stereocenters. The number of carbonyl (C=O) groups excluding carboxylic acids is 1. The fourth-order valence-corrected chi connectivity index (χ4v) is 3.98. The van der Waals surface area contributed by atoms with Crippen LogP contribution in [0.25, 0.3) is 0 Å². The van der Waals surface area contributed by atoms with E-state index in [4.69, 9.17) is 4.74 Å². The Morgan fingerprint density at radius 2 is 1.83 bits per heavy atom. The molecular weight excluding hydrogens is 372 g/mol. The van der Waals surface area contributed by atoms with Gasteiger partial charge in [-0.05, 0) is 44.6 Å². The van der Waals surface area contributed by atoms with Gasteiger partial charge in [0.2, 0.25) is 0 Å². The number of nitrogens with one attached hydrogen (secondary N) is 1. The molecule has 2 aromatic rings. The Labute approximate surface area is 168 Å². The summed E-state index contributed by atoms with van der Waals surface area (Å²) in [7, 11) is 3.04. The number of methoxy groups -OCH3 is 1. The van der Waals surface area contributed by atoms with Gasteiger partial charge in [-0.2, -0.15) is 5.10 Å². The van der Waals surface area contributed by atoms with Crippen molar-refractivity contribution >= 4 is 5.91 Å². The summed E-state index contributed by atoms with van der Waals surface area (Å²) in [4.78, 5) is 36.7. The zero-order valence-electron chi connectivity index (χ0n) is 16.8. The first-order chi connectivity index (χ1) is 14.0. The third kappa shape index (κ3) is 4.11. The molecule has 1 N–H and O–H groups in total. The highest BCUT2D eigenvalue weighted by Crippen LogP contribution is 2.38. The average Bonchev–Trinajstić information content (AvgIpc) is 3.56. The van der Waals surface area contributed by atoms with Crippen molar-refractivity contribution in [1.29, 1.82) is 0 Å². The van der Waals surface area contributed by atoms with Gasteiger partial charge < -0.3 is 14.6 Å². The third-order valence-corrected chi connectivity index (χ3v) is 5.87. The lowest BCUT2D eigenvalue weighted by atomic mass is 9.91. The van der Waals surface area contributed by atoms with E-state index in [9.17, 15) is 14.4 Å². The number of pyridine rings is 1. The predicted octanol–water partition coefficient (Wildman–Crippen LogP) is 1.74. The number of aromatic nitrogens is 3. The van der Waals surface area contributed by atoms with Crippen molar-refractivity contribution < 1.29 is 9.53 Å². The molecule has 0 aliphatic heterocycles. The maximum absolute atomic E-state index is 12.7. The van der Waals surface area contributed by atoms with E-state index in [1.54, 1.807) is 17.8 Å². The van der Waals surface area contributed by atoms with Gasteiger partial charge in [0.15, 0.2) is 0 Å². The molecule has 4 rings (SSSR count). The van der Waals surface area contributed by atoms with Crippen molar-refractivity contribution in [3.8, 4) is 5.75 Å². The number of nitrogens with zero attached hydrogens (tertiary/aromatic N) is 3. The summed E-state index contributed by atoms with van der Waals surface area (Å²) in [6.07, 6.45) is 6.91. The highest BCUT2D eigenvalue weighted by molar-refractivity contribution is 5.96. The second-order valence-corrected chi connectivity index (χ2v) is 8.00. The average molecular weight is 398 g/mol. The number of carbonyl (C=O) groups is 1. The van der Waals surface area contributed by atoms with Crippen LogP contribution in [0.1, 0.15) is 66.5 Å². The molecule has 0 radical (unpaired) electrons. The summed E-state index contributed by atoms with van der Waals surface area (Å²) >= 11 is 0. The summed E-state index contributed by atoms with van der Waals surface area (Å²) < 4.78 is 8.20. The van der Waals surface area contributed by atoms with Gasteiger partial charge in [0.1, 0.15) is 5.75 Å². The van der Waals surface area contributed by atoms with Crippen LogP contribution in [0.15, 0.2) is 34.0 Å². The molecule has 2 saturated carbocycles. The highest BCUT2D eigenvalue weighted by atomic mass is 16.5. The minimum absolute atomic E-state index is 0.0167. The number of aryl methyl sites for hydroxylation is 1. The molecule has 2 aromatic heterocycles. The fourth-order valence-electron chi connectivity index (χ4n) is 3.98. The van der Waals surface area contributed by atoms with Crippen LogP contribution in [0.5, 0.6) is 5.75 Å². The SMILES string of the molecule is COc1cc(=O)n(C)cc1C(=O)NC1CCC(n2nc(C3CC3)ccc2=O)CC1. The number of hydrogen-bond donors (Lipinski definition) is 1. The quantitative estimate of drug-likeness (QED) is 0.828. The van der Waals surface area contributed by atoms with Gasteiger partial charge in [-0.3, -0.25) is 14.4 Å². The van der Waals surface area contributed by atoms with E-state index < -0.39 is 0 Å². The smallest absolute Gasteiger partial charge is 0.267 e. The van der Waals surface area contributed by atoms with Crippen molar-refractivity contribution in [1.82, 2.24) is 19.7 Å². The zero-order valence-corrected chi connectivity index (χ0v) is 16.8. The minimum Gasteiger partial charge on any atom is -0.496 e. The summed E-state index contributed by atoms with van der Waals surface area (Å²) in [6.45, 7) is 0. The van der Waals surface area contributed by atoms with Crippen LogP contribution >= 0.6 is 0 Å². The Morgan fingerprint density at radius 1 is 1.10 bits per heavy atom. The van der Waals surface area contributed by atoms with E-state index in [0.29, 0.717) is 11.5 Å². The van der Waals surface area contributed by atoms with Crippen molar-refractivity contribution in [3.05, 3.63) is 56.4 Å². The van der Waals surface area contributed by atoms with Crippen LogP contribution < -0.4 is 21.2 Å². The van der Waals surface area contributed by atoms with Gasteiger partial charge in [-0.15, -0.1) is 0 Å². The first-order valence-electron chi connectivity index (χ1n) is 10.1. The molecule has 1 amide bonds. The van der Waals surface area contributed by atoms with Gasteiger partial charge in [-0.25, -0.2) is 4.68 Å². The topological polar surface area (TPSA) is 95.2 Å². The van der Waals surface area contributed by atoms with Crippen LogP contribution in [0.2, 0.25) is 0 Å². The van der Waals surface area contributed by atoms with Gasteiger partial charge >= 0.3 is 0 Å². The Hall–Kier alpha value is -2.90. The summed E-state index contributed by atoms with van der Waals surface area (Å²) in [6, 6.07) is 4.88. The molecule has 2 heterocycles. The van der Waals surface area contributed by atoms with Crippen molar-refractivity contribution in [2.45, 2.75) is 56.5 Å². The molecule has 0 spiro atoms. The van der Waals surface area contributed by atoms with Crippen LogP contribution in [-0.2, 0) is 7.05 Å². The maximum Gasteiger partial charge on any atom is 0.267 e. The molecule has 0 saturated heterocycles. The van der Waals surface area contributed by atoms with Gasteiger partial charge in [-0.1, -0.05) is 0 Å². The highest BCUT2D eigenvalue weighted by Gasteiger charge is 2.29. The molecule has 154 valence electrons. The molecule has 0 unspecified atom stereocenters. The van der Waals surface area contributed by atoms with Crippen LogP contribution in [0, 0.1) is 0 Å². The molecule has 8 nitrogen and oxygen atoms in total. The zero-order chi connectivity index (χ0) is 20.5. The second-order valence-electron chi connectivity index (χ2n) is 8.00. The number of hydrogen-bond acceptors (Lipinski definition) is 5. The number of amides is 1. The van der Waals surface area contributed by atoms with Crippen molar-refractivity contribution in [2.24, 2.45) is 7.05 Å². The lowest BCUT2D eigenvalue weighted by Crippen LogP contribution is -2.40. The summed E-state index contributed by atoms with van der Waals surface area (Å²) in [5.74, 6) is 0.521. The number of ether oxygens (including phenoxy) is 1. The molecule has 2 fully saturated rings. The number of rotatable bonds is 5. The largest absolute Gasteiger partial charge is 0.496 e. The lowest BCUT2D eigenvalue weighted by molar-refractivity contribution is 0.0917. The summed E-state index contributed by atoms with van der Waals surface area (Å²) in [5.41, 5.74) is 1.07. The molecule has 29 heavy (non-hydrogen) atoms. The monoisotopic (exact) mass is 398 g/mol. The molecule has 2 aliphatic carbocycles. The molecule has 2 aliphatic rings. The minimum atomic E-state index is -0.257. The Balaban J connectivity index is 1.41. The molecule has 0 aromatic carbocycles. The van der Waals surface area contributed by atoms with Crippen LogP contribution in [0.3, 0.4) is 0 Å². The normalized spacial score (nSPS) is 21.6. The molecule has 0 bridgehead atoms. The van der Waals surface area contributed by atoms with E-state index in [2.05, 4.69) is 10.4 Å². The van der Waals surface area contributed by atoms with Gasteiger partial charge in [0.05, 0.1) is 24.4 Å². The van der Waals surface area contributed by atoms with E-state index >= 15 is 0 Å². The molecular formula is C21H26N4O4. The third-order valence-electron chi connectivity index (χ3n) is 5.87. The molecule has 8 heteroatoms. The Morgan fingerprint density at radius 3 is 2.48 bits per heavy atom. The van der Waals surface area contributed by atoms with Crippen LogP contribution in [0.4, 0.5) is 0 Å². The first-order valence-corrected chi connectivity index (χ1v) is 10.1. The summed E-state index contributed by atoms with van der Waals surface area (Å²) in [5, 5.41) is 7.64. The van der Waals surface area contributed by atoms with E-state index in [1.807, 2.05) is 6.07 Å². The van der Waals surface area contributed by atoms with E-state index in [0.717, 1.165) is 44.2 Å². The van der Waals surface area contributed by atoms with Crippen LogP contribution in [-0.4, -0.2) is 33.4 Å². The first kappa shape index (κ1) is 19.4. The standard InChI is InChI=1S/C21H26N4O4/c1-24-12-16(18(29-2)11-20(24)27)21(28)22-14-5-7-15(8-6-14)25-19(26)10-9-17(23-25)13-3-4-13/h9-15H,3-8H2,1-2H3,(H,22,28). The maximum atomic E-state index is 12.7. The Bertz CT molecular complexity index is 1030. The van der Waals surface area contributed by atoms with E-state index in [1.165, 1.54) is 23.9 Å². The lowest BCUT2D eigenvalue weighted by Gasteiger charge is -2.29. The van der Waals surface area contributed by atoms with Gasteiger partial charge in [0.25, 0.3) is 17.0 Å². The Kier molecular flexibility index (Phi) is 5.25. The van der Waals surface area contributed by atoms with Gasteiger partial charge in [0, 0.05) is 37.3 Å². The fraction of sp³-hybridized carbons (Fsp3) is 0.524. The van der Waals surface area contributed by atoms with Crippen molar-refractivity contribution in [2.75, 3.05) is 7.11 Å². The second kappa shape index (κ2) is 7.85. The van der Waals surface area contributed by atoms with Crippen molar-refractivity contribution in [3.63, 3.8) is 0 Å². The van der Waals surface area contributed by atoms with E-state index in [-0.39, 0.29) is 34.9 Å².